The van der Waals surface area contributed by atoms with Crippen LogP contribution in [0.5, 0.6) is 11.5 Å². The number of anilines is 2. The summed E-state index contributed by atoms with van der Waals surface area (Å²) in [5.41, 5.74) is 1.12. The molecular weight excluding hydrogens is 435 g/mol. The Hall–Kier alpha value is -4.13. The number of para-hydroxylation sites is 3. The second-order valence-corrected chi connectivity index (χ2v) is 7.57. The summed E-state index contributed by atoms with van der Waals surface area (Å²) in [6.07, 6.45) is 0.866. The van der Waals surface area contributed by atoms with Crippen molar-refractivity contribution >= 4 is 28.8 Å². The molecule has 2 amide bonds. The zero-order valence-corrected chi connectivity index (χ0v) is 19.0. The van der Waals surface area contributed by atoms with E-state index in [1.54, 1.807) is 48.5 Å². The molecule has 1 N–H and O–H groups in total. The Morgan fingerprint density at radius 1 is 0.853 bits per heavy atom. The summed E-state index contributed by atoms with van der Waals surface area (Å²) in [5, 5.41) is 3.08. The normalized spacial score (nSPS) is 13.4. The molecule has 0 saturated heterocycles. The molecule has 7 heteroatoms. The number of carbonyl (C=O) groups is 2. The molecule has 0 aliphatic carbocycles. The number of hydrogen-bond donors (Lipinski definition) is 1. The number of benzene rings is 3. The van der Waals surface area contributed by atoms with Crippen LogP contribution in [-0.2, 0) is 9.59 Å². The van der Waals surface area contributed by atoms with Crippen LogP contribution in [0, 0.1) is 5.82 Å². The lowest BCUT2D eigenvalue weighted by Crippen LogP contribution is -2.33. The largest absolute Gasteiger partial charge is 0.494 e. The van der Waals surface area contributed by atoms with Gasteiger partial charge in [0.05, 0.1) is 30.2 Å². The van der Waals surface area contributed by atoms with Crippen molar-refractivity contribution < 1.29 is 23.5 Å². The highest BCUT2D eigenvalue weighted by molar-refractivity contribution is 6.46. The van der Waals surface area contributed by atoms with Gasteiger partial charge in [0.2, 0.25) is 0 Å². The molecule has 3 aromatic rings. The molecule has 0 spiro atoms. The first kappa shape index (κ1) is 23.0. The van der Waals surface area contributed by atoms with Crippen LogP contribution in [0.2, 0.25) is 0 Å². The number of nitrogens with one attached hydrogen (secondary N) is 1. The summed E-state index contributed by atoms with van der Waals surface area (Å²) in [4.78, 5) is 27.9. The van der Waals surface area contributed by atoms with E-state index in [1.165, 1.54) is 18.2 Å². The van der Waals surface area contributed by atoms with Crippen molar-refractivity contribution in [3.63, 3.8) is 0 Å². The Labute approximate surface area is 197 Å². The Bertz CT molecular complexity index is 1240. The molecule has 1 aliphatic rings. The van der Waals surface area contributed by atoms with E-state index >= 15 is 0 Å². The topological polar surface area (TPSA) is 67.9 Å². The summed E-state index contributed by atoms with van der Waals surface area (Å²) in [5.74, 6) is -0.742. The standard InChI is InChI=1S/C27H25FN2O4/c1-3-17-34-19-15-13-18(14-16-19)24-25(29-21-10-6-8-12-23(21)33-4-2)27(32)30(26(24)31)22-11-7-5-9-20(22)28/h5-16,29H,3-4,17H2,1-2H3. The predicted octanol–water partition coefficient (Wildman–Crippen LogP) is 5.41. The molecule has 1 aliphatic heterocycles. The van der Waals surface area contributed by atoms with Crippen molar-refractivity contribution in [3.05, 3.63) is 89.9 Å². The number of ether oxygens (including phenoxy) is 2. The van der Waals surface area contributed by atoms with Gasteiger partial charge in [-0.25, -0.2) is 9.29 Å². The van der Waals surface area contributed by atoms with Gasteiger partial charge in [-0.05, 0) is 55.3 Å². The van der Waals surface area contributed by atoms with Gasteiger partial charge in [-0.15, -0.1) is 0 Å². The van der Waals surface area contributed by atoms with E-state index in [2.05, 4.69) is 5.32 Å². The molecule has 0 atom stereocenters. The average Bonchev–Trinajstić information content (AvgIpc) is 3.09. The molecule has 0 fully saturated rings. The van der Waals surface area contributed by atoms with Gasteiger partial charge in [0.1, 0.15) is 23.0 Å². The van der Waals surface area contributed by atoms with Crippen LogP contribution < -0.4 is 19.7 Å². The number of carbonyl (C=O) groups excluding carboxylic acids is 2. The maximum atomic E-state index is 14.6. The fourth-order valence-electron chi connectivity index (χ4n) is 3.69. The highest BCUT2D eigenvalue weighted by atomic mass is 19.1. The van der Waals surface area contributed by atoms with Gasteiger partial charge < -0.3 is 14.8 Å². The first-order chi connectivity index (χ1) is 16.5. The summed E-state index contributed by atoms with van der Waals surface area (Å²) in [7, 11) is 0. The molecule has 0 unspecified atom stereocenters. The number of halogens is 1. The minimum Gasteiger partial charge on any atom is -0.494 e. The van der Waals surface area contributed by atoms with Gasteiger partial charge in [-0.1, -0.05) is 43.3 Å². The Morgan fingerprint density at radius 2 is 1.56 bits per heavy atom. The van der Waals surface area contributed by atoms with E-state index < -0.39 is 17.6 Å². The highest BCUT2D eigenvalue weighted by Crippen LogP contribution is 2.36. The number of amides is 2. The first-order valence-corrected chi connectivity index (χ1v) is 11.1. The zero-order chi connectivity index (χ0) is 24.1. The molecule has 6 nitrogen and oxygen atoms in total. The fraction of sp³-hybridized carbons (Fsp3) is 0.185. The lowest BCUT2D eigenvalue weighted by molar-refractivity contribution is -0.120. The molecule has 0 bridgehead atoms. The van der Waals surface area contributed by atoms with E-state index in [1.807, 2.05) is 19.9 Å². The van der Waals surface area contributed by atoms with Crippen LogP contribution in [-0.4, -0.2) is 25.0 Å². The van der Waals surface area contributed by atoms with Gasteiger partial charge >= 0.3 is 0 Å². The van der Waals surface area contributed by atoms with Gasteiger partial charge in [0, 0.05) is 0 Å². The first-order valence-electron chi connectivity index (χ1n) is 11.1. The van der Waals surface area contributed by atoms with Crippen molar-refractivity contribution in [2.24, 2.45) is 0 Å². The quantitative estimate of drug-likeness (QED) is 0.433. The third-order valence-electron chi connectivity index (χ3n) is 5.24. The zero-order valence-electron chi connectivity index (χ0n) is 19.0. The van der Waals surface area contributed by atoms with Crippen LogP contribution in [0.25, 0.3) is 5.57 Å². The smallest absolute Gasteiger partial charge is 0.282 e. The number of hydrogen-bond acceptors (Lipinski definition) is 5. The molecule has 0 aromatic heterocycles. The van der Waals surface area contributed by atoms with Crippen LogP contribution in [0.15, 0.2) is 78.5 Å². The molecule has 0 saturated carbocycles. The molecule has 0 radical (unpaired) electrons. The van der Waals surface area contributed by atoms with E-state index in [9.17, 15) is 14.0 Å². The van der Waals surface area contributed by atoms with E-state index in [0.29, 0.717) is 36.0 Å². The van der Waals surface area contributed by atoms with Gasteiger partial charge in [-0.2, -0.15) is 0 Å². The van der Waals surface area contributed by atoms with Crippen LogP contribution in [0.3, 0.4) is 0 Å². The summed E-state index contributed by atoms with van der Waals surface area (Å²) in [6.45, 7) is 4.87. The molecule has 174 valence electrons. The summed E-state index contributed by atoms with van der Waals surface area (Å²) in [6, 6.07) is 19.7. The van der Waals surface area contributed by atoms with Crippen LogP contribution in [0.1, 0.15) is 25.8 Å². The molecular formula is C27H25FN2O4. The SMILES string of the molecule is CCCOc1ccc(C2=C(Nc3ccccc3OCC)C(=O)N(c3ccccc3F)C2=O)cc1. The van der Waals surface area contributed by atoms with E-state index in [0.717, 1.165) is 11.3 Å². The molecule has 34 heavy (non-hydrogen) atoms. The van der Waals surface area contributed by atoms with Gasteiger partial charge in [0.25, 0.3) is 11.8 Å². The van der Waals surface area contributed by atoms with E-state index in [4.69, 9.17) is 9.47 Å². The van der Waals surface area contributed by atoms with E-state index in [-0.39, 0.29) is 17.0 Å². The molecule has 1 heterocycles. The Morgan fingerprint density at radius 3 is 2.26 bits per heavy atom. The van der Waals surface area contributed by atoms with Crippen molar-refractivity contribution in [2.45, 2.75) is 20.3 Å². The summed E-state index contributed by atoms with van der Waals surface area (Å²) >= 11 is 0. The minimum absolute atomic E-state index is 0.0441. The lowest BCUT2D eigenvalue weighted by Gasteiger charge is -2.16. The highest BCUT2D eigenvalue weighted by Gasteiger charge is 2.41. The third kappa shape index (κ3) is 4.50. The lowest BCUT2D eigenvalue weighted by atomic mass is 10.0. The van der Waals surface area contributed by atoms with Crippen molar-refractivity contribution in [2.75, 3.05) is 23.4 Å². The second-order valence-electron chi connectivity index (χ2n) is 7.57. The van der Waals surface area contributed by atoms with Crippen LogP contribution in [0.4, 0.5) is 15.8 Å². The number of nitrogens with zero attached hydrogens (tertiary/aromatic N) is 1. The maximum Gasteiger partial charge on any atom is 0.282 e. The number of rotatable bonds is 9. The van der Waals surface area contributed by atoms with Crippen molar-refractivity contribution in [1.29, 1.82) is 0 Å². The van der Waals surface area contributed by atoms with Crippen molar-refractivity contribution in [3.8, 4) is 11.5 Å². The monoisotopic (exact) mass is 460 g/mol. The second kappa shape index (κ2) is 10.2. The summed E-state index contributed by atoms with van der Waals surface area (Å²) < 4.78 is 25.9. The fourth-order valence-corrected chi connectivity index (χ4v) is 3.69. The molecule has 3 aromatic carbocycles. The Balaban J connectivity index is 1.79. The predicted molar refractivity (Wildman–Crippen MR) is 129 cm³/mol. The van der Waals surface area contributed by atoms with Gasteiger partial charge in [-0.3, -0.25) is 9.59 Å². The Kier molecular flexibility index (Phi) is 6.92. The van der Waals surface area contributed by atoms with Crippen molar-refractivity contribution in [1.82, 2.24) is 0 Å². The van der Waals surface area contributed by atoms with Crippen LogP contribution >= 0.6 is 0 Å². The van der Waals surface area contributed by atoms with Gasteiger partial charge in [0.15, 0.2) is 0 Å². The average molecular weight is 461 g/mol. The maximum absolute atomic E-state index is 14.6. The number of imide groups is 1. The minimum atomic E-state index is -0.664. The molecule has 4 rings (SSSR count). The third-order valence-corrected chi connectivity index (χ3v) is 5.24.